The Kier molecular flexibility index (Phi) is 3.79. The quantitative estimate of drug-likeness (QED) is 0.639. The Morgan fingerprint density at radius 2 is 1.78 bits per heavy atom. The molecule has 96 valence electrons. The number of nitrogens with zero attached hydrogens (tertiary/aromatic N) is 2. The summed E-state index contributed by atoms with van der Waals surface area (Å²) in [7, 11) is 1.95. The lowest BCUT2D eigenvalue weighted by molar-refractivity contribution is 0.622. The van der Waals surface area contributed by atoms with Crippen LogP contribution in [0.25, 0.3) is 0 Å². The Bertz CT molecular complexity index is 499. The topological polar surface area (TPSA) is 55.9 Å². The fourth-order valence-corrected chi connectivity index (χ4v) is 2.01. The van der Waals surface area contributed by atoms with Crippen LogP contribution in [0.1, 0.15) is 42.6 Å². The van der Waals surface area contributed by atoms with Crippen LogP contribution >= 0.6 is 0 Å². The third-order valence-corrected chi connectivity index (χ3v) is 3.12. The summed E-state index contributed by atoms with van der Waals surface area (Å²) in [6, 6.07) is 8.44. The van der Waals surface area contributed by atoms with Gasteiger partial charge in [0.2, 0.25) is 0 Å². The maximum Gasteiger partial charge on any atom is 0.0947 e. The van der Waals surface area contributed by atoms with Crippen molar-refractivity contribution in [2.45, 2.75) is 25.8 Å². The molecule has 4 heteroatoms. The number of aryl methyl sites for hydroxylation is 1. The first-order valence-electron chi connectivity index (χ1n) is 6.15. The molecule has 2 rings (SSSR count). The minimum Gasteiger partial charge on any atom is -0.340 e. The zero-order valence-corrected chi connectivity index (χ0v) is 11.1. The summed E-state index contributed by atoms with van der Waals surface area (Å²) in [6.45, 7) is 4.37. The molecule has 3 N–H and O–H groups in total. The van der Waals surface area contributed by atoms with E-state index in [0.29, 0.717) is 5.92 Å². The van der Waals surface area contributed by atoms with Crippen molar-refractivity contribution in [3.63, 3.8) is 0 Å². The lowest BCUT2D eigenvalue weighted by atomic mass is 9.98. The first kappa shape index (κ1) is 12.8. The van der Waals surface area contributed by atoms with E-state index in [1.54, 1.807) is 6.33 Å². The average Bonchev–Trinajstić information content (AvgIpc) is 2.77. The molecule has 0 amide bonds. The molecule has 0 aliphatic heterocycles. The van der Waals surface area contributed by atoms with Crippen molar-refractivity contribution in [2.24, 2.45) is 12.9 Å². The normalized spacial score (nSPS) is 12.9. The molecule has 0 aliphatic rings. The molecule has 18 heavy (non-hydrogen) atoms. The summed E-state index contributed by atoms with van der Waals surface area (Å²) in [5, 5.41) is 0. The molecule has 2 aromatic rings. The number of rotatable bonds is 4. The molecule has 0 spiro atoms. The zero-order valence-electron chi connectivity index (χ0n) is 11.1. The maximum atomic E-state index is 5.64. The van der Waals surface area contributed by atoms with Gasteiger partial charge in [0.15, 0.2) is 0 Å². The standard InChI is InChI=1S/C14H20N4/c1-10(2)11-4-6-12(7-5-11)14(17-15)13-8-18(3)9-16-13/h4-10,14,17H,15H2,1-3H3. The molecule has 0 radical (unpaired) electrons. The van der Waals surface area contributed by atoms with Crippen molar-refractivity contribution in [2.75, 3.05) is 0 Å². The highest BCUT2D eigenvalue weighted by atomic mass is 15.2. The van der Waals surface area contributed by atoms with E-state index < -0.39 is 0 Å². The third-order valence-electron chi connectivity index (χ3n) is 3.12. The minimum atomic E-state index is -0.0626. The SMILES string of the molecule is CC(C)c1ccc(C(NN)c2cn(C)cn2)cc1. The second kappa shape index (κ2) is 5.33. The van der Waals surface area contributed by atoms with Gasteiger partial charge in [0.25, 0.3) is 0 Å². The predicted molar refractivity (Wildman–Crippen MR) is 72.9 cm³/mol. The first-order valence-corrected chi connectivity index (χ1v) is 6.15. The van der Waals surface area contributed by atoms with Crippen molar-refractivity contribution < 1.29 is 0 Å². The van der Waals surface area contributed by atoms with E-state index in [1.165, 1.54) is 5.56 Å². The second-order valence-electron chi connectivity index (χ2n) is 4.89. The molecule has 1 aromatic carbocycles. The Morgan fingerprint density at radius 3 is 2.22 bits per heavy atom. The third kappa shape index (κ3) is 2.60. The molecule has 1 aromatic heterocycles. The zero-order chi connectivity index (χ0) is 13.1. The largest absolute Gasteiger partial charge is 0.340 e. The molecular formula is C14H20N4. The monoisotopic (exact) mass is 244 g/mol. The van der Waals surface area contributed by atoms with Gasteiger partial charge in [0, 0.05) is 13.2 Å². The van der Waals surface area contributed by atoms with E-state index in [-0.39, 0.29) is 6.04 Å². The summed E-state index contributed by atoms with van der Waals surface area (Å²) < 4.78 is 1.92. The summed E-state index contributed by atoms with van der Waals surface area (Å²) in [5.74, 6) is 6.18. The van der Waals surface area contributed by atoms with Gasteiger partial charge in [-0.25, -0.2) is 10.4 Å². The van der Waals surface area contributed by atoms with Crippen molar-refractivity contribution in [1.29, 1.82) is 0 Å². The molecule has 0 fully saturated rings. The van der Waals surface area contributed by atoms with Crippen LogP contribution in [0.2, 0.25) is 0 Å². The van der Waals surface area contributed by atoms with Crippen LogP contribution in [-0.4, -0.2) is 9.55 Å². The predicted octanol–water partition coefficient (Wildman–Crippen LogP) is 2.10. The van der Waals surface area contributed by atoms with Gasteiger partial charge < -0.3 is 4.57 Å². The van der Waals surface area contributed by atoms with E-state index in [1.807, 2.05) is 17.8 Å². The van der Waals surface area contributed by atoms with Gasteiger partial charge in [0.1, 0.15) is 0 Å². The number of benzene rings is 1. The Hall–Kier alpha value is -1.65. The molecule has 1 unspecified atom stereocenters. The highest BCUT2D eigenvalue weighted by molar-refractivity contribution is 5.31. The van der Waals surface area contributed by atoms with Crippen molar-refractivity contribution in [1.82, 2.24) is 15.0 Å². The fraction of sp³-hybridized carbons (Fsp3) is 0.357. The lowest BCUT2D eigenvalue weighted by Gasteiger charge is -2.15. The molecule has 0 bridgehead atoms. The highest BCUT2D eigenvalue weighted by Crippen LogP contribution is 2.22. The molecule has 4 nitrogen and oxygen atoms in total. The Morgan fingerprint density at radius 1 is 1.17 bits per heavy atom. The van der Waals surface area contributed by atoms with Gasteiger partial charge in [-0.05, 0) is 17.0 Å². The van der Waals surface area contributed by atoms with Crippen LogP contribution in [0.5, 0.6) is 0 Å². The van der Waals surface area contributed by atoms with E-state index in [2.05, 4.69) is 48.5 Å². The Balaban J connectivity index is 2.28. The summed E-state index contributed by atoms with van der Waals surface area (Å²) in [6.07, 6.45) is 3.75. The molecular weight excluding hydrogens is 224 g/mol. The van der Waals surface area contributed by atoms with E-state index in [4.69, 9.17) is 5.84 Å². The summed E-state index contributed by atoms with van der Waals surface area (Å²) >= 11 is 0. The van der Waals surface area contributed by atoms with Gasteiger partial charge in [-0.1, -0.05) is 38.1 Å². The molecule has 1 heterocycles. The molecule has 1 atom stereocenters. The van der Waals surface area contributed by atoms with Gasteiger partial charge in [0.05, 0.1) is 18.1 Å². The van der Waals surface area contributed by atoms with E-state index >= 15 is 0 Å². The number of hydrogen-bond acceptors (Lipinski definition) is 3. The number of hydrogen-bond donors (Lipinski definition) is 2. The van der Waals surface area contributed by atoms with Gasteiger partial charge in [-0.3, -0.25) is 5.84 Å². The minimum absolute atomic E-state index is 0.0626. The van der Waals surface area contributed by atoms with Gasteiger partial charge >= 0.3 is 0 Å². The van der Waals surface area contributed by atoms with Crippen LogP contribution in [0.15, 0.2) is 36.8 Å². The molecule has 0 saturated carbocycles. The number of imidazole rings is 1. The number of nitrogens with two attached hydrogens (primary N) is 1. The number of nitrogens with one attached hydrogen (secondary N) is 1. The second-order valence-corrected chi connectivity index (χ2v) is 4.89. The first-order chi connectivity index (χ1) is 8.61. The van der Waals surface area contributed by atoms with Crippen LogP contribution in [0, 0.1) is 0 Å². The lowest BCUT2D eigenvalue weighted by Crippen LogP contribution is -2.29. The van der Waals surface area contributed by atoms with Gasteiger partial charge in [-0.15, -0.1) is 0 Å². The van der Waals surface area contributed by atoms with E-state index in [0.717, 1.165) is 11.3 Å². The van der Waals surface area contributed by atoms with Crippen molar-refractivity contribution in [3.8, 4) is 0 Å². The summed E-state index contributed by atoms with van der Waals surface area (Å²) in [4.78, 5) is 4.34. The molecule has 0 aliphatic carbocycles. The number of aromatic nitrogens is 2. The fourth-order valence-electron chi connectivity index (χ4n) is 2.01. The summed E-state index contributed by atoms with van der Waals surface area (Å²) in [5.41, 5.74) is 6.20. The maximum absolute atomic E-state index is 5.64. The van der Waals surface area contributed by atoms with E-state index in [9.17, 15) is 0 Å². The average molecular weight is 244 g/mol. The van der Waals surface area contributed by atoms with Crippen LogP contribution < -0.4 is 11.3 Å². The van der Waals surface area contributed by atoms with Crippen molar-refractivity contribution >= 4 is 0 Å². The molecule has 0 saturated heterocycles. The van der Waals surface area contributed by atoms with Crippen molar-refractivity contribution in [3.05, 3.63) is 53.6 Å². The van der Waals surface area contributed by atoms with Crippen LogP contribution in [0.4, 0.5) is 0 Å². The number of hydrazine groups is 1. The van der Waals surface area contributed by atoms with Crippen LogP contribution in [-0.2, 0) is 7.05 Å². The van der Waals surface area contributed by atoms with Gasteiger partial charge in [-0.2, -0.15) is 0 Å². The Labute approximate surface area is 108 Å². The van der Waals surface area contributed by atoms with Crippen LogP contribution in [0.3, 0.4) is 0 Å². The highest BCUT2D eigenvalue weighted by Gasteiger charge is 2.14. The smallest absolute Gasteiger partial charge is 0.0947 e.